The summed E-state index contributed by atoms with van der Waals surface area (Å²) in [5.74, 6) is -0.940. The lowest BCUT2D eigenvalue weighted by Gasteiger charge is -2.04. The topological polar surface area (TPSA) is 96.3 Å². The van der Waals surface area contributed by atoms with Gasteiger partial charge in [0, 0.05) is 5.69 Å². The highest BCUT2D eigenvalue weighted by Crippen LogP contribution is 2.24. The first-order chi connectivity index (χ1) is 6.60. The highest BCUT2D eigenvalue weighted by Gasteiger charge is 2.13. The van der Waals surface area contributed by atoms with Crippen LogP contribution in [0.3, 0.4) is 0 Å². The summed E-state index contributed by atoms with van der Waals surface area (Å²) in [6.45, 7) is 0. The van der Waals surface area contributed by atoms with E-state index >= 15 is 0 Å². The maximum absolute atomic E-state index is 11.1. The van der Waals surface area contributed by atoms with Crippen molar-refractivity contribution in [3.05, 3.63) is 23.3 Å². The number of phenolic OH excluding ortho intramolecular Hbond substituents is 1. The van der Waals surface area contributed by atoms with Gasteiger partial charge < -0.3 is 15.6 Å². The third kappa shape index (κ3) is 1.59. The number of methoxy groups -OCH3 is 1. The largest absolute Gasteiger partial charge is 0.507 e. The number of carbonyl (C=O) groups excluding carboxylic acids is 1. The third-order valence-corrected chi connectivity index (χ3v) is 1.69. The molecule has 0 atom stereocenters. The molecule has 0 aliphatic heterocycles. The Morgan fingerprint density at radius 2 is 2.29 bits per heavy atom. The minimum absolute atomic E-state index is 0.0233. The van der Waals surface area contributed by atoms with E-state index in [1.165, 1.54) is 13.2 Å². The zero-order valence-corrected chi connectivity index (χ0v) is 7.44. The lowest BCUT2D eigenvalue weighted by molar-refractivity contribution is 0.0601. The van der Waals surface area contributed by atoms with Gasteiger partial charge in [-0.25, -0.2) is 4.79 Å². The number of carbonyl (C=O) groups is 1. The molecule has 0 unspecified atom stereocenters. The number of nitriles is 1. The second-order valence-corrected chi connectivity index (χ2v) is 2.56. The van der Waals surface area contributed by atoms with E-state index in [1.54, 1.807) is 6.07 Å². The standard InChI is InChI=1S/C9H8N2O3/c1-14-9(13)6-3-8(12)5(4-10)2-7(6)11/h2-3,12H,11H2,1H3. The van der Waals surface area contributed by atoms with Gasteiger partial charge in [0.25, 0.3) is 0 Å². The predicted molar refractivity (Wildman–Crippen MR) is 48.6 cm³/mol. The summed E-state index contributed by atoms with van der Waals surface area (Å²) in [5, 5.41) is 17.8. The molecule has 0 bridgehead atoms. The van der Waals surface area contributed by atoms with Crippen molar-refractivity contribution in [2.24, 2.45) is 0 Å². The van der Waals surface area contributed by atoms with Gasteiger partial charge >= 0.3 is 5.97 Å². The van der Waals surface area contributed by atoms with E-state index in [2.05, 4.69) is 4.74 Å². The molecule has 0 saturated heterocycles. The Balaban J connectivity index is 3.30. The van der Waals surface area contributed by atoms with Crippen LogP contribution in [-0.4, -0.2) is 18.2 Å². The van der Waals surface area contributed by atoms with Gasteiger partial charge in [-0.05, 0) is 12.1 Å². The van der Waals surface area contributed by atoms with Crippen molar-refractivity contribution in [3.8, 4) is 11.8 Å². The predicted octanol–water partition coefficient (Wildman–Crippen LogP) is 0.633. The van der Waals surface area contributed by atoms with Crippen LogP contribution in [0.15, 0.2) is 12.1 Å². The first-order valence-electron chi connectivity index (χ1n) is 3.71. The SMILES string of the molecule is COC(=O)c1cc(O)c(C#N)cc1N. The second-order valence-electron chi connectivity index (χ2n) is 2.56. The fraction of sp³-hybridized carbons (Fsp3) is 0.111. The summed E-state index contributed by atoms with van der Waals surface area (Å²) < 4.78 is 4.43. The third-order valence-electron chi connectivity index (χ3n) is 1.69. The molecule has 0 saturated carbocycles. The van der Waals surface area contributed by atoms with Crippen LogP contribution in [0.1, 0.15) is 15.9 Å². The van der Waals surface area contributed by atoms with Crippen LogP contribution in [0.25, 0.3) is 0 Å². The van der Waals surface area contributed by atoms with Crippen LogP contribution in [0.5, 0.6) is 5.75 Å². The molecule has 0 heterocycles. The first kappa shape index (κ1) is 9.86. The maximum Gasteiger partial charge on any atom is 0.340 e. The molecule has 5 nitrogen and oxygen atoms in total. The molecular formula is C9H8N2O3. The van der Waals surface area contributed by atoms with Gasteiger partial charge in [0.2, 0.25) is 0 Å². The van der Waals surface area contributed by atoms with Crippen molar-refractivity contribution in [1.82, 2.24) is 0 Å². The van der Waals surface area contributed by atoms with Gasteiger partial charge in [-0.2, -0.15) is 5.26 Å². The highest BCUT2D eigenvalue weighted by molar-refractivity contribution is 5.96. The number of nitrogens with zero attached hydrogens (tertiary/aromatic N) is 1. The Labute approximate surface area is 80.3 Å². The van der Waals surface area contributed by atoms with Crippen molar-refractivity contribution in [2.75, 3.05) is 12.8 Å². The van der Waals surface area contributed by atoms with Gasteiger partial charge in [0.05, 0.1) is 18.2 Å². The first-order valence-corrected chi connectivity index (χ1v) is 3.71. The number of nitrogen functional groups attached to an aromatic ring is 1. The molecule has 0 radical (unpaired) electrons. The van der Waals surface area contributed by atoms with Crippen molar-refractivity contribution >= 4 is 11.7 Å². The Kier molecular flexibility index (Phi) is 2.58. The Morgan fingerprint density at radius 3 is 2.79 bits per heavy atom. The van der Waals surface area contributed by atoms with Crippen LogP contribution >= 0.6 is 0 Å². The van der Waals surface area contributed by atoms with Crippen LogP contribution < -0.4 is 5.73 Å². The van der Waals surface area contributed by atoms with Crippen LogP contribution in [0.2, 0.25) is 0 Å². The van der Waals surface area contributed by atoms with Crippen LogP contribution in [0.4, 0.5) is 5.69 Å². The molecule has 0 aromatic heterocycles. The smallest absolute Gasteiger partial charge is 0.340 e. The van der Waals surface area contributed by atoms with Crippen molar-refractivity contribution < 1.29 is 14.6 Å². The molecule has 0 spiro atoms. The Hall–Kier alpha value is -2.22. The molecule has 72 valence electrons. The van der Waals surface area contributed by atoms with E-state index in [9.17, 15) is 9.90 Å². The molecule has 0 fully saturated rings. The van der Waals surface area contributed by atoms with Gasteiger partial charge in [-0.3, -0.25) is 0 Å². The maximum atomic E-state index is 11.1. The van der Waals surface area contributed by atoms with Crippen molar-refractivity contribution in [3.63, 3.8) is 0 Å². The lowest BCUT2D eigenvalue weighted by atomic mass is 10.1. The van der Waals surface area contributed by atoms with E-state index in [1.807, 2.05) is 0 Å². The van der Waals surface area contributed by atoms with Crippen molar-refractivity contribution in [1.29, 1.82) is 5.26 Å². The number of phenols is 1. The zero-order chi connectivity index (χ0) is 10.7. The normalized spacial score (nSPS) is 9.14. The van der Waals surface area contributed by atoms with Crippen LogP contribution in [-0.2, 0) is 4.74 Å². The number of anilines is 1. The number of hydrogen-bond donors (Lipinski definition) is 2. The summed E-state index contributed by atoms with van der Waals surface area (Å²) in [4.78, 5) is 11.1. The fourth-order valence-electron chi connectivity index (χ4n) is 0.981. The van der Waals surface area contributed by atoms with E-state index < -0.39 is 5.97 Å². The van der Waals surface area contributed by atoms with Gasteiger partial charge in [-0.1, -0.05) is 0 Å². The molecule has 0 aliphatic rings. The van der Waals surface area contributed by atoms with Gasteiger partial charge in [-0.15, -0.1) is 0 Å². The summed E-state index contributed by atoms with van der Waals surface area (Å²) in [5.41, 5.74) is 5.65. The number of ether oxygens (including phenoxy) is 1. The van der Waals surface area contributed by atoms with E-state index in [0.29, 0.717) is 0 Å². The lowest BCUT2D eigenvalue weighted by Crippen LogP contribution is -2.05. The molecular weight excluding hydrogens is 184 g/mol. The number of nitrogens with two attached hydrogens (primary N) is 1. The zero-order valence-electron chi connectivity index (χ0n) is 7.44. The molecule has 5 heteroatoms. The quantitative estimate of drug-likeness (QED) is 0.386. The Bertz CT molecular complexity index is 421. The van der Waals surface area contributed by atoms with Crippen LogP contribution in [0, 0.1) is 11.3 Å². The Morgan fingerprint density at radius 1 is 1.64 bits per heavy atom. The molecule has 1 aromatic rings. The summed E-state index contributed by atoms with van der Waals surface area (Å²) in [6, 6.07) is 4.07. The minimum Gasteiger partial charge on any atom is -0.507 e. The minimum atomic E-state index is -0.651. The number of hydrogen-bond acceptors (Lipinski definition) is 5. The summed E-state index contributed by atoms with van der Waals surface area (Å²) in [7, 11) is 1.21. The number of esters is 1. The number of benzene rings is 1. The molecule has 1 aromatic carbocycles. The molecule has 0 aliphatic carbocycles. The average Bonchev–Trinajstić information content (AvgIpc) is 2.19. The number of aromatic hydroxyl groups is 1. The fourth-order valence-corrected chi connectivity index (χ4v) is 0.981. The molecule has 1 rings (SSSR count). The summed E-state index contributed by atoms with van der Waals surface area (Å²) >= 11 is 0. The van der Waals surface area contributed by atoms with Gasteiger partial charge in [0.15, 0.2) is 0 Å². The molecule has 0 amide bonds. The van der Waals surface area contributed by atoms with Crippen molar-refractivity contribution in [2.45, 2.75) is 0 Å². The van der Waals surface area contributed by atoms with E-state index in [0.717, 1.165) is 6.07 Å². The molecule has 14 heavy (non-hydrogen) atoms. The monoisotopic (exact) mass is 192 g/mol. The average molecular weight is 192 g/mol. The van der Waals surface area contributed by atoms with E-state index in [4.69, 9.17) is 11.0 Å². The molecule has 3 N–H and O–H groups in total. The number of rotatable bonds is 1. The van der Waals surface area contributed by atoms with Gasteiger partial charge in [0.1, 0.15) is 11.8 Å². The summed E-state index contributed by atoms with van der Waals surface area (Å²) in [6.07, 6.45) is 0. The highest BCUT2D eigenvalue weighted by atomic mass is 16.5. The van der Waals surface area contributed by atoms with E-state index in [-0.39, 0.29) is 22.6 Å². The second kappa shape index (κ2) is 3.66.